The topological polar surface area (TPSA) is 72.2 Å². The second-order valence-electron chi connectivity index (χ2n) is 10.2. The normalized spacial score (nSPS) is 17.7. The molecule has 38 heavy (non-hydrogen) atoms. The molecule has 12 rings (SSSR count). The van der Waals surface area contributed by atoms with Crippen LogP contribution in [0, 0.1) is 0 Å². The van der Waals surface area contributed by atoms with Crippen LogP contribution in [-0.4, -0.2) is 52.4 Å². The van der Waals surface area contributed by atoms with Crippen molar-refractivity contribution in [2.45, 2.75) is 26.2 Å². The zero-order valence-electron chi connectivity index (χ0n) is 22.4. The summed E-state index contributed by atoms with van der Waals surface area (Å²) in [4.78, 5) is 0. The van der Waals surface area contributed by atoms with Gasteiger partial charge in [-0.25, -0.2) is 0 Å². The van der Waals surface area contributed by atoms with Gasteiger partial charge in [0.05, 0.1) is 0 Å². The molecule has 8 aliphatic rings. The molecule has 8 heterocycles. The highest BCUT2D eigenvalue weighted by Gasteiger charge is 2.02. The third-order valence-corrected chi connectivity index (χ3v) is 7.17. The van der Waals surface area contributed by atoms with Crippen molar-refractivity contribution >= 4 is 21.5 Å². The molecule has 8 bridgehead atoms. The first-order valence-electron chi connectivity index (χ1n) is 14.1. The zero-order chi connectivity index (χ0) is 25.8. The molecule has 0 fully saturated rings. The van der Waals surface area contributed by atoms with E-state index in [9.17, 15) is 0 Å². The number of hydrogen-bond donors (Lipinski definition) is 6. The fraction of sp³-hybridized carbons (Fsp3) is 0.375. The number of benzene rings is 4. The van der Waals surface area contributed by atoms with Gasteiger partial charge in [-0.05, 0) is 68.1 Å². The van der Waals surface area contributed by atoms with Crippen LogP contribution in [0.3, 0.4) is 0 Å². The van der Waals surface area contributed by atoms with Crippen LogP contribution in [0.2, 0.25) is 0 Å². The van der Waals surface area contributed by atoms with Crippen LogP contribution in [0.25, 0.3) is 21.5 Å². The predicted molar refractivity (Wildman–Crippen MR) is 160 cm³/mol. The molecule has 200 valence electrons. The third kappa shape index (κ3) is 8.08. The molecule has 6 nitrogen and oxygen atoms in total. The predicted octanol–water partition coefficient (Wildman–Crippen LogP) is 3.24. The Kier molecular flexibility index (Phi) is 10.1. The van der Waals surface area contributed by atoms with Crippen molar-refractivity contribution in [1.82, 2.24) is 31.9 Å². The molecule has 0 aliphatic carbocycles. The van der Waals surface area contributed by atoms with Crippen molar-refractivity contribution < 1.29 is 0 Å². The van der Waals surface area contributed by atoms with E-state index in [2.05, 4.69) is 105 Å². The van der Waals surface area contributed by atoms with Crippen LogP contribution in [0.5, 0.6) is 0 Å². The molecule has 0 saturated carbocycles. The van der Waals surface area contributed by atoms with Gasteiger partial charge in [-0.2, -0.15) is 0 Å². The molecule has 8 aliphatic heterocycles. The van der Waals surface area contributed by atoms with E-state index >= 15 is 0 Å². The van der Waals surface area contributed by atoms with Gasteiger partial charge < -0.3 is 31.9 Å². The maximum absolute atomic E-state index is 3.57. The minimum Gasteiger partial charge on any atom is -0.314 e. The molecule has 0 amide bonds. The minimum atomic E-state index is 0.894. The summed E-state index contributed by atoms with van der Waals surface area (Å²) < 4.78 is 0. The van der Waals surface area contributed by atoms with Crippen molar-refractivity contribution in [2.24, 2.45) is 0 Å². The molecule has 0 saturated heterocycles. The Morgan fingerprint density at radius 3 is 0.789 bits per heavy atom. The van der Waals surface area contributed by atoms with E-state index < -0.39 is 0 Å². The summed E-state index contributed by atoms with van der Waals surface area (Å²) in [6.07, 6.45) is 0. The molecule has 4 aromatic carbocycles. The van der Waals surface area contributed by atoms with Gasteiger partial charge in [0, 0.05) is 78.5 Å². The molecule has 6 heteroatoms. The van der Waals surface area contributed by atoms with Crippen molar-refractivity contribution in [3.63, 3.8) is 0 Å². The second kappa shape index (κ2) is 14.4. The van der Waals surface area contributed by atoms with Crippen LogP contribution in [0.4, 0.5) is 0 Å². The molecule has 6 N–H and O–H groups in total. The lowest BCUT2D eigenvalue weighted by Crippen LogP contribution is -2.32. The van der Waals surface area contributed by atoms with Gasteiger partial charge in [-0.15, -0.1) is 0 Å². The van der Waals surface area contributed by atoms with E-state index in [1.807, 2.05) is 0 Å². The Morgan fingerprint density at radius 1 is 0.289 bits per heavy atom. The number of hydrogen-bond acceptors (Lipinski definition) is 6. The molecule has 0 spiro atoms. The van der Waals surface area contributed by atoms with Crippen LogP contribution in [-0.2, 0) is 26.2 Å². The lowest BCUT2D eigenvalue weighted by atomic mass is 10.0. The molecule has 0 atom stereocenters. The van der Waals surface area contributed by atoms with Crippen LogP contribution in [0.15, 0.2) is 72.8 Å². The van der Waals surface area contributed by atoms with Gasteiger partial charge in [0.25, 0.3) is 0 Å². The lowest BCUT2D eigenvalue weighted by Gasteiger charge is -2.11. The van der Waals surface area contributed by atoms with Gasteiger partial charge in [-0.3, -0.25) is 0 Å². The summed E-state index contributed by atoms with van der Waals surface area (Å²) in [5.74, 6) is 0. The third-order valence-electron chi connectivity index (χ3n) is 7.17. The summed E-state index contributed by atoms with van der Waals surface area (Å²) in [6, 6.07) is 27.2. The number of rotatable bonds is 0. The number of nitrogens with one attached hydrogen (secondary N) is 6. The zero-order valence-corrected chi connectivity index (χ0v) is 22.4. The maximum atomic E-state index is 3.57. The van der Waals surface area contributed by atoms with E-state index in [1.165, 1.54) is 43.8 Å². The Morgan fingerprint density at radius 2 is 0.526 bits per heavy atom. The monoisotopic (exact) mass is 510 g/mol. The summed E-state index contributed by atoms with van der Waals surface area (Å²) in [5.41, 5.74) is 5.32. The van der Waals surface area contributed by atoms with Gasteiger partial charge >= 0.3 is 0 Å². The average molecular weight is 511 g/mol. The van der Waals surface area contributed by atoms with Crippen LogP contribution < -0.4 is 31.9 Å². The second-order valence-corrected chi connectivity index (χ2v) is 10.2. The maximum Gasteiger partial charge on any atom is 0.0206 e. The molecular weight excluding hydrogens is 468 g/mol. The fourth-order valence-corrected chi connectivity index (χ4v) is 5.02. The smallest absolute Gasteiger partial charge is 0.0206 e. The fourth-order valence-electron chi connectivity index (χ4n) is 5.02. The SMILES string of the molecule is c1cc2cc3ccc2cc1CNCCNCCNCc1ccc2cc(ccc2c1)CNCCNCCNC3. The summed E-state index contributed by atoms with van der Waals surface area (Å²) >= 11 is 0. The van der Waals surface area contributed by atoms with E-state index in [0.29, 0.717) is 0 Å². The first kappa shape index (κ1) is 26.8. The van der Waals surface area contributed by atoms with Crippen molar-refractivity contribution in [1.29, 1.82) is 0 Å². The average Bonchev–Trinajstić information content (AvgIpc) is 2.94. The minimum absolute atomic E-state index is 0.894. The van der Waals surface area contributed by atoms with Gasteiger partial charge in [0.15, 0.2) is 0 Å². The van der Waals surface area contributed by atoms with Crippen LogP contribution in [0.1, 0.15) is 22.3 Å². The highest BCUT2D eigenvalue weighted by atomic mass is 15.0. The van der Waals surface area contributed by atoms with E-state index in [0.717, 1.165) is 78.5 Å². The molecule has 0 radical (unpaired) electrons. The molecule has 4 aromatic rings. The quantitative estimate of drug-likeness (QED) is 0.218. The first-order chi connectivity index (χ1) is 18.8. The van der Waals surface area contributed by atoms with E-state index in [1.54, 1.807) is 0 Å². The van der Waals surface area contributed by atoms with Gasteiger partial charge in [0.2, 0.25) is 0 Å². The Bertz CT molecular complexity index is 1100. The Balaban J connectivity index is 1.15. The van der Waals surface area contributed by atoms with Crippen LogP contribution >= 0.6 is 0 Å². The highest BCUT2D eigenvalue weighted by Crippen LogP contribution is 2.19. The highest BCUT2D eigenvalue weighted by molar-refractivity contribution is 5.84. The van der Waals surface area contributed by atoms with E-state index in [4.69, 9.17) is 0 Å². The lowest BCUT2D eigenvalue weighted by molar-refractivity contribution is 0.580. The Labute approximate surface area is 227 Å². The largest absolute Gasteiger partial charge is 0.314 e. The first-order valence-corrected chi connectivity index (χ1v) is 14.1. The van der Waals surface area contributed by atoms with Crippen molar-refractivity contribution in [3.05, 3.63) is 95.1 Å². The van der Waals surface area contributed by atoms with E-state index in [-0.39, 0.29) is 0 Å². The Hall–Kier alpha value is -2.84. The van der Waals surface area contributed by atoms with Gasteiger partial charge in [-0.1, -0.05) is 48.5 Å². The van der Waals surface area contributed by atoms with Gasteiger partial charge in [0.1, 0.15) is 0 Å². The summed E-state index contributed by atoms with van der Waals surface area (Å²) in [7, 11) is 0. The summed E-state index contributed by atoms with van der Waals surface area (Å²) in [6.45, 7) is 11.3. The molecule has 0 aromatic heterocycles. The molecule has 0 unspecified atom stereocenters. The van der Waals surface area contributed by atoms with Crippen molar-refractivity contribution in [3.8, 4) is 0 Å². The standard InChI is InChI=1S/C32H42N6/c1-5-29-18-26-2-6-30(29)17-25(1)21-35-13-9-33-10-15-37-23-27-3-7-32-20-28(4-8-31(32)19-27)24-38-16-12-34-11-14-36-22-26/h1-8,17-20,33-38H,9-16,21-24H2. The summed E-state index contributed by atoms with van der Waals surface area (Å²) in [5, 5.41) is 26.6. The molecular formula is C32H42N6. The van der Waals surface area contributed by atoms with Crippen molar-refractivity contribution in [2.75, 3.05) is 52.4 Å².